The van der Waals surface area contributed by atoms with Gasteiger partial charge in [0.15, 0.2) is 5.58 Å². The van der Waals surface area contributed by atoms with E-state index < -0.39 is 0 Å². The summed E-state index contributed by atoms with van der Waals surface area (Å²) in [6, 6.07) is 14.8. The van der Waals surface area contributed by atoms with E-state index in [2.05, 4.69) is 29.4 Å². The third-order valence-electron chi connectivity index (χ3n) is 3.80. The number of hydrogen-bond acceptors (Lipinski definition) is 4. The molecule has 3 aromatic rings. The molecule has 4 rings (SSSR count). The predicted octanol–water partition coefficient (Wildman–Crippen LogP) is 4.07. The quantitative estimate of drug-likeness (QED) is 0.768. The molecular weight excluding hydrogens is 264 g/mol. The molecular formula is C17H16N2O2. The Hall–Kier alpha value is -2.49. The van der Waals surface area contributed by atoms with Gasteiger partial charge in [0.1, 0.15) is 11.3 Å². The maximum absolute atomic E-state index is 5.75. The fourth-order valence-corrected chi connectivity index (χ4v) is 2.75. The molecule has 1 aliphatic heterocycles. The number of ether oxygens (including phenoxy) is 1. The number of aryl methyl sites for hydroxylation is 1. The molecule has 21 heavy (non-hydrogen) atoms. The SMILES string of the molecule is Cc1ccc2c(c1)C(Nc1nc3ccccc3o1)CCO2. The van der Waals surface area contributed by atoms with E-state index in [0.717, 1.165) is 23.3 Å². The normalized spacial score (nSPS) is 17.3. The van der Waals surface area contributed by atoms with Gasteiger partial charge in [0, 0.05) is 12.0 Å². The van der Waals surface area contributed by atoms with E-state index in [1.807, 2.05) is 30.3 Å². The minimum Gasteiger partial charge on any atom is -0.493 e. The molecule has 0 spiro atoms. The third-order valence-corrected chi connectivity index (χ3v) is 3.80. The monoisotopic (exact) mass is 280 g/mol. The highest BCUT2D eigenvalue weighted by molar-refractivity contribution is 5.74. The fraction of sp³-hybridized carbons (Fsp3) is 0.235. The maximum atomic E-state index is 5.75. The highest BCUT2D eigenvalue weighted by Crippen LogP contribution is 2.35. The summed E-state index contributed by atoms with van der Waals surface area (Å²) in [6.45, 7) is 2.79. The first-order valence-electron chi connectivity index (χ1n) is 7.15. The Balaban J connectivity index is 1.67. The lowest BCUT2D eigenvalue weighted by Gasteiger charge is -2.26. The average molecular weight is 280 g/mol. The number of anilines is 1. The molecule has 2 heterocycles. The summed E-state index contributed by atoms with van der Waals surface area (Å²) in [7, 11) is 0. The van der Waals surface area contributed by atoms with Crippen molar-refractivity contribution in [3.05, 3.63) is 53.6 Å². The van der Waals surface area contributed by atoms with Crippen molar-refractivity contribution in [1.82, 2.24) is 4.98 Å². The molecule has 0 bridgehead atoms. The second-order valence-electron chi connectivity index (χ2n) is 5.36. The molecule has 1 N–H and O–H groups in total. The molecule has 4 heteroatoms. The molecule has 2 aromatic carbocycles. The molecule has 0 fully saturated rings. The van der Waals surface area contributed by atoms with Crippen molar-refractivity contribution in [3.63, 3.8) is 0 Å². The van der Waals surface area contributed by atoms with Crippen molar-refractivity contribution in [2.45, 2.75) is 19.4 Å². The van der Waals surface area contributed by atoms with Crippen molar-refractivity contribution in [1.29, 1.82) is 0 Å². The van der Waals surface area contributed by atoms with E-state index in [1.54, 1.807) is 0 Å². The van der Waals surface area contributed by atoms with Gasteiger partial charge in [0.2, 0.25) is 0 Å². The summed E-state index contributed by atoms with van der Waals surface area (Å²) in [5.41, 5.74) is 4.07. The summed E-state index contributed by atoms with van der Waals surface area (Å²) >= 11 is 0. The Morgan fingerprint density at radius 1 is 1.19 bits per heavy atom. The Bertz CT molecular complexity index is 761. The number of nitrogens with one attached hydrogen (secondary N) is 1. The van der Waals surface area contributed by atoms with Gasteiger partial charge in [0.25, 0.3) is 6.01 Å². The van der Waals surface area contributed by atoms with Crippen LogP contribution in [0.5, 0.6) is 5.75 Å². The molecule has 0 amide bonds. The van der Waals surface area contributed by atoms with Gasteiger partial charge in [-0.05, 0) is 25.1 Å². The molecule has 0 radical (unpaired) electrons. The zero-order valence-electron chi connectivity index (χ0n) is 11.8. The number of rotatable bonds is 2. The number of benzene rings is 2. The van der Waals surface area contributed by atoms with Crippen LogP contribution in [0.25, 0.3) is 11.1 Å². The van der Waals surface area contributed by atoms with Crippen LogP contribution in [0.4, 0.5) is 6.01 Å². The van der Waals surface area contributed by atoms with Gasteiger partial charge in [0.05, 0.1) is 12.6 Å². The van der Waals surface area contributed by atoms with Gasteiger partial charge >= 0.3 is 0 Å². The van der Waals surface area contributed by atoms with E-state index >= 15 is 0 Å². The van der Waals surface area contributed by atoms with Gasteiger partial charge < -0.3 is 14.5 Å². The lowest BCUT2D eigenvalue weighted by molar-refractivity contribution is 0.273. The number of fused-ring (bicyclic) bond motifs is 2. The van der Waals surface area contributed by atoms with Gasteiger partial charge in [-0.25, -0.2) is 0 Å². The Kier molecular flexibility index (Phi) is 2.81. The third kappa shape index (κ3) is 2.23. The van der Waals surface area contributed by atoms with E-state index in [9.17, 15) is 0 Å². The standard InChI is InChI=1S/C17H16N2O2/c1-11-6-7-15-12(10-11)13(8-9-20-15)18-17-19-14-4-2-3-5-16(14)21-17/h2-7,10,13H,8-9H2,1H3,(H,18,19). The first-order valence-corrected chi connectivity index (χ1v) is 7.15. The maximum Gasteiger partial charge on any atom is 0.296 e. The van der Waals surface area contributed by atoms with E-state index in [0.29, 0.717) is 12.6 Å². The second kappa shape index (κ2) is 4.81. The summed E-state index contributed by atoms with van der Waals surface area (Å²) in [4.78, 5) is 4.48. The number of hydrogen-bond donors (Lipinski definition) is 1. The van der Waals surface area contributed by atoms with Gasteiger partial charge in [-0.15, -0.1) is 0 Å². The van der Waals surface area contributed by atoms with Crippen LogP contribution in [0.15, 0.2) is 46.9 Å². The zero-order valence-corrected chi connectivity index (χ0v) is 11.8. The molecule has 1 atom stereocenters. The van der Waals surface area contributed by atoms with Crippen molar-refractivity contribution >= 4 is 17.1 Å². The van der Waals surface area contributed by atoms with Crippen LogP contribution in [0.3, 0.4) is 0 Å². The second-order valence-corrected chi connectivity index (χ2v) is 5.36. The van der Waals surface area contributed by atoms with Gasteiger partial charge in [-0.2, -0.15) is 4.98 Å². The van der Waals surface area contributed by atoms with Crippen molar-refractivity contribution in [2.24, 2.45) is 0 Å². The molecule has 0 aliphatic carbocycles. The molecule has 106 valence electrons. The lowest BCUT2D eigenvalue weighted by atomic mass is 9.99. The molecule has 0 saturated carbocycles. The molecule has 1 unspecified atom stereocenters. The Labute approximate surface area is 122 Å². The number of nitrogens with zero attached hydrogens (tertiary/aromatic N) is 1. The summed E-state index contributed by atoms with van der Waals surface area (Å²) in [5, 5.41) is 3.40. The van der Waals surface area contributed by atoms with Crippen LogP contribution in [0, 0.1) is 6.92 Å². The van der Waals surface area contributed by atoms with Crippen molar-refractivity contribution < 1.29 is 9.15 Å². The number of oxazole rings is 1. The van der Waals surface area contributed by atoms with Gasteiger partial charge in [-0.3, -0.25) is 0 Å². The fourth-order valence-electron chi connectivity index (χ4n) is 2.75. The predicted molar refractivity (Wildman–Crippen MR) is 81.7 cm³/mol. The number of para-hydroxylation sites is 2. The topological polar surface area (TPSA) is 47.3 Å². The smallest absolute Gasteiger partial charge is 0.296 e. The lowest BCUT2D eigenvalue weighted by Crippen LogP contribution is -2.20. The van der Waals surface area contributed by atoms with Crippen LogP contribution >= 0.6 is 0 Å². The molecule has 1 aromatic heterocycles. The Morgan fingerprint density at radius 2 is 2.10 bits per heavy atom. The minimum atomic E-state index is 0.168. The first kappa shape index (κ1) is 12.3. The van der Waals surface area contributed by atoms with Crippen LogP contribution in [-0.4, -0.2) is 11.6 Å². The van der Waals surface area contributed by atoms with E-state index in [4.69, 9.17) is 9.15 Å². The van der Waals surface area contributed by atoms with Gasteiger partial charge in [-0.1, -0.05) is 29.8 Å². The van der Waals surface area contributed by atoms with Crippen LogP contribution in [0.2, 0.25) is 0 Å². The highest BCUT2D eigenvalue weighted by Gasteiger charge is 2.23. The number of aromatic nitrogens is 1. The van der Waals surface area contributed by atoms with E-state index in [1.165, 1.54) is 11.1 Å². The summed E-state index contributed by atoms with van der Waals surface area (Å²) < 4.78 is 11.5. The zero-order chi connectivity index (χ0) is 14.2. The molecule has 0 saturated heterocycles. The summed E-state index contributed by atoms with van der Waals surface area (Å²) in [5.74, 6) is 0.945. The Morgan fingerprint density at radius 3 is 3.00 bits per heavy atom. The van der Waals surface area contributed by atoms with Crippen molar-refractivity contribution in [2.75, 3.05) is 11.9 Å². The van der Waals surface area contributed by atoms with Crippen molar-refractivity contribution in [3.8, 4) is 5.75 Å². The summed E-state index contributed by atoms with van der Waals surface area (Å²) in [6.07, 6.45) is 0.898. The van der Waals surface area contributed by atoms with Crippen LogP contribution in [-0.2, 0) is 0 Å². The average Bonchev–Trinajstić information content (AvgIpc) is 2.90. The highest BCUT2D eigenvalue weighted by atomic mass is 16.5. The minimum absolute atomic E-state index is 0.168. The largest absolute Gasteiger partial charge is 0.493 e. The molecule has 4 nitrogen and oxygen atoms in total. The van der Waals surface area contributed by atoms with Crippen LogP contribution in [0.1, 0.15) is 23.6 Å². The van der Waals surface area contributed by atoms with Crippen LogP contribution < -0.4 is 10.1 Å². The van der Waals surface area contributed by atoms with E-state index in [-0.39, 0.29) is 6.04 Å². The first-order chi connectivity index (χ1) is 10.3. The molecule has 1 aliphatic rings.